The third-order valence-corrected chi connectivity index (χ3v) is 2.84. The molecule has 4 heteroatoms. The first-order valence-electron chi connectivity index (χ1n) is 5.32. The lowest BCUT2D eigenvalue weighted by Gasteiger charge is -2.07. The predicted molar refractivity (Wildman–Crippen MR) is 71.6 cm³/mol. The lowest BCUT2D eigenvalue weighted by atomic mass is 10.2. The van der Waals surface area contributed by atoms with Gasteiger partial charge in [0.15, 0.2) is 0 Å². The van der Waals surface area contributed by atoms with Gasteiger partial charge in [-0.15, -0.1) is 0 Å². The molecule has 0 saturated carbocycles. The van der Waals surface area contributed by atoms with Crippen molar-refractivity contribution < 1.29 is 5.11 Å². The highest BCUT2D eigenvalue weighted by molar-refractivity contribution is 9.10. The first kappa shape index (κ1) is 12.1. The van der Waals surface area contributed by atoms with Gasteiger partial charge in [-0.25, -0.2) is 0 Å². The molecule has 88 valence electrons. The summed E-state index contributed by atoms with van der Waals surface area (Å²) in [6.45, 7) is 0.730. The molecule has 1 heterocycles. The van der Waals surface area contributed by atoms with E-state index in [2.05, 4.69) is 26.2 Å². The maximum Gasteiger partial charge on any atom is 0.0682 e. The Hall–Kier alpha value is -1.39. The maximum absolute atomic E-state index is 9.03. The van der Waals surface area contributed by atoms with Gasteiger partial charge in [0.1, 0.15) is 0 Å². The van der Waals surface area contributed by atoms with E-state index >= 15 is 0 Å². The smallest absolute Gasteiger partial charge is 0.0682 e. The zero-order valence-electron chi connectivity index (χ0n) is 9.23. The number of rotatable bonds is 4. The average Bonchev–Trinajstić information content (AvgIpc) is 2.38. The third-order valence-electron chi connectivity index (χ3n) is 2.37. The van der Waals surface area contributed by atoms with E-state index < -0.39 is 0 Å². The van der Waals surface area contributed by atoms with Crippen LogP contribution in [0.3, 0.4) is 0 Å². The molecule has 0 unspecified atom stereocenters. The Morgan fingerprint density at radius 2 is 2.12 bits per heavy atom. The van der Waals surface area contributed by atoms with Gasteiger partial charge in [-0.1, -0.05) is 12.1 Å². The van der Waals surface area contributed by atoms with Gasteiger partial charge in [-0.05, 0) is 45.8 Å². The minimum atomic E-state index is 0.0616. The second-order valence-corrected chi connectivity index (χ2v) is 4.60. The molecule has 17 heavy (non-hydrogen) atoms. The minimum Gasteiger partial charge on any atom is -0.392 e. The molecule has 0 amide bonds. The molecule has 1 aromatic carbocycles. The summed E-state index contributed by atoms with van der Waals surface area (Å²) in [4.78, 5) is 4.28. The number of benzene rings is 1. The SMILES string of the molecule is OCc1cccc(NCc2ccc(Br)cn2)c1. The van der Waals surface area contributed by atoms with Crippen LogP contribution in [-0.4, -0.2) is 10.1 Å². The molecule has 0 fully saturated rings. The number of nitrogens with zero attached hydrogens (tertiary/aromatic N) is 1. The van der Waals surface area contributed by atoms with Gasteiger partial charge in [-0.3, -0.25) is 4.98 Å². The Kier molecular flexibility index (Phi) is 4.12. The quantitative estimate of drug-likeness (QED) is 0.911. The Balaban J connectivity index is 1.99. The van der Waals surface area contributed by atoms with Crippen LogP contribution in [0.4, 0.5) is 5.69 Å². The summed E-state index contributed by atoms with van der Waals surface area (Å²) in [6.07, 6.45) is 1.78. The number of pyridine rings is 1. The van der Waals surface area contributed by atoms with Crippen LogP contribution < -0.4 is 5.32 Å². The number of aromatic nitrogens is 1. The third kappa shape index (κ3) is 3.54. The molecule has 0 bridgehead atoms. The van der Waals surface area contributed by atoms with Crippen LogP contribution in [-0.2, 0) is 13.2 Å². The summed E-state index contributed by atoms with van der Waals surface area (Å²) in [7, 11) is 0. The Bertz CT molecular complexity index is 485. The number of hydrogen-bond acceptors (Lipinski definition) is 3. The van der Waals surface area contributed by atoms with Crippen LogP contribution in [0.2, 0.25) is 0 Å². The highest BCUT2D eigenvalue weighted by atomic mass is 79.9. The van der Waals surface area contributed by atoms with E-state index in [4.69, 9.17) is 5.11 Å². The van der Waals surface area contributed by atoms with Crippen LogP contribution in [0.25, 0.3) is 0 Å². The molecule has 0 aliphatic heterocycles. The summed E-state index contributed by atoms with van der Waals surface area (Å²) in [6, 6.07) is 11.6. The number of nitrogens with one attached hydrogen (secondary N) is 1. The Labute approximate surface area is 109 Å². The molecule has 0 aliphatic rings. The Morgan fingerprint density at radius 1 is 1.24 bits per heavy atom. The van der Waals surface area contributed by atoms with Crippen molar-refractivity contribution in [1.82, 2.24) is 4.98 Å². The number of aliphatic hydroxyl groups is 1. The van der Waals surface area contributed by atoms with E-state index in [1.54, 1.807) is 6.20 Å². The van der Waals surface area contributed by atoms with Crippen molar-refractivity contribution in [2.75, 3.05) is 5.32 Å². The summed E-state index contributed by atoms with van der Waals surface area (Å²) >= 11 is 3.35. The van der Waals surface area contributed by atoms with Crippen molar-refractivity contribution in [2.45, 2.75) is 13.2 Å². The first-order valence-corrected chi connectivity index (χ1v) is 6.11. The standard InChI is InChI=1S/C13H13BrN2O/c14-11-4-5-13(15-7-11)8-16-12-3-1-2-10(6-12)9-17/h1-7,16-17H,8-9H2. The largest absolute Gasteiger partial charge is 0.392 e. The normalized spacial score (nSPS) is 10.2. The van der Waals surface area contributed by atoms with Crippen LogP contribution >= 0.6 is 15.9 Å². The van der Waals surface area contributed by atoms with Crippen molar-refractivity contribution >= 4 is 21.6 Å². The number of aliphatic hydroxyl groups excluding tert-OH is 1. The fraction of sp³-hybridized carbons (Fsp3) is 0.154. The molecule has 0 aliphatic carbocycles. The number of hydrogen-bond donors (Lipinski definition) is 2. The van der Waals surface area contributed by atoms with E-state index in [1.807, 2.05) is 36.4 Å². The van der Waals surface area contributed by atoms with Crippen molar-refractivity contribution in [3.05, 3.63) is 58.3 Å². The lowest BCUT2D eigenvalue weighted by molar-refractivity contribution is 0.282. The predicted octanol–water partition coefficient (Wildman–Crippen LogP) is 2.95. The molecule has 3 nitrogen and oxygen atoms in total. The topological polar surface area (TPSA) is 45.1 Å². The lowest BCUT2D eigenvalue weighted by Crippen LogP contribution is -2.01. The maximum atomic E-state index is 9.03. The molecule has 0 spiro atoms. The van der Waals surface area contributed by atoms with Gasteiger partial charge >= 0.3 is 0 Å². The highest BCUT2D eigenvalue weighted by Crippen LogP contribution is 2.12. The van der Waals surface area contributed by atoms with Crippen molar-refractivity contribution in [1.29, 1.82) is 0 Å². The van der Waals surface area contributed by atoms with Gasteiger partial charge in [0.05, 0.1) is 18.8 Å². The van der Waals surface area contributed by atoms with Gasteiger partial charge in [0.25, 0.3) is 0 Å². The summed E-state index contributed by atoms with van der Waals surface area (Å²) in [5.74, 6) is 0. The summed E-state index contributed by atoms with van der Waals surface area (Å²) < 4.78 is 0.975. The molecule has 2 N–H and O–H groups in total. The minimum absolute atomic E-state index is 0.0616. The molecular weight excluding hydrogens is 280 g/mol. The second-order valence-electron chi connectivity index (χ2n) is 3.68. The summed E-state index contributed by atoms with van der Waals surface area (Å²) in [5.41, 5.74) is 2.86. The molecule has 2 aromatic rings. The average molecular weight is 293 g/mol. The molecule has 0 atom stereocenters. The monoisotopic (exact) mass is 292 g/mol. The van der Waals surface area contributed by atoms with Gasteiger partial charge in [0.2, 0.25) is 0 Å². The zero-order chi connectivity index (χ0) is 12.1. The van der Waals surface area contributed by atoms with Crippen LogP contribution in [0, 0.1) is 0 Å². The van der Waals surface area contributed by atoms with Crippen LogP contribution in [0.5, 0.6) is 0 Å². The van der Waals surface area contributed by atoms with E-state index in [1.165, 1.54) is 0 Å². The molecule has 0 saturated heterocycles. The van der Waals surface area contributed by atoms with Gasteiger partial charge in [-0.2, -0.15) is 0 Å². The fourth-order valence-electron chi connectivity index (χ4n) is 1.48. The first-order chi connectivity index (χ1) is 8.28. The van der Waals surface area contributed by atoms with E-state index in [9.17, 15) is 0 Å². The second kappa shape index (κ2) is 5.80. The molecule has 1 aromatic heterocycles. The van der Waals surface area contributed by atoms with Crippen LogP contribution in [0.1, 0.15) is 11.3 Å². The van der Waals surface area contributed by atoms with Gasteiger partial charge < -0.3 is 10.4 Å². The molecular formula is C13H13BrN2O. The van der Waals surface area contributed by atoms with E-state index in [0.29, 0.717) is 6.54 Å². The van der Waals surface area contributed by atoms with E-state index in [0.717, 1.165) is 21.4 Å². The molecule has 0 radical (unpaired) electrons. The van der Waals surface area contributed by atoms with Gasteiger partial charge in [0, 0.05) is 16.4 Å². The van der Waals surface area contributed by atoms with E-state index in [-0.39, 0.29) is 6.61 Å². The fourth-order valence-corrected chi connectivity index (χ4v) is 1.72. The van der Waals surface area contributed by atoms with Crippen molar-refractivity contribution in [2.24, 2.45) is 0 Å². The molecule has 2 rings (SSSR count). The number of anilines is 1. The zero-order valence-corrected chi connectivity index (χ0v) is 10.8. The van der Waals surface area contributed by atoms with Crippen LogP contribution in [0.15, 0.2) is 47.1 Å². The Morgan fingerprint density at radius 3 is 2.82 bits per heavy atom. The van der Waals surface area contributed by atoms with Crippen molar-refractivity contribution in [3.63, 3.8) is 0 Å². The summed E-state index contributed by atoms with van der Waals surface area (Å²) in [5, 5.41) is 12.3. The number of halogens is 1. The highest BCUT2D eigenvalue weighted by Gasteiger charge is 1.97. The van der Waals surface area contributed by atoms with Crippen molar-refractivity contribution in [3.8, 4) is 0 Å².